The molecule has 1 aliphatic rings. The molecule has 1 saturated heterocycles. The lowest BCUT2D eigenvalue weighted by atomic mass is 9.99. The van der Waals surface area contributed by atoms with E-state index in [1.807, 2.05) is 25.1 Å². The molecule has 1 aromatic rings. The van der Waals surface area contributed by atoms with Crippen molar-refractivity contribution in [1.29, 1.82) is 0 Å². The third-order valence-electron chi connectivity index (χ3n) is 3.51. The molecule has 0 aromatic heterocycles. The first-order valence-electron chi connectivity index (χ1n) is 6.98. The summed E-state index contributed by atoms with van der Waals surface area (Å²) in [6.45, 7) is 5.62. The van der Waals surface area contributed by atoms with E-state index in [1.165, 1.54) is 0 Å². The van der Waals surface area contributed by atoms with E-state index >= 15 is 0 Å². The van der Waals surface area contributed by atoms with Gasteiger partial charge in [0, 0.05) is 12.1 Å². The van der Waals surface area contributed by atoms with Gasteiger partial charge < -0.3 is 15.4 Å². The number of rotatable bonds is 4. The minimum absolute atomic E-state index is 0. The highest BCUT2D eigenvalue weighted by Gasteiger charge is 2.23. The summed E-state index contributed by atoms with van der Waals surface area (Å²) in [5.41, 5.74) is 0.613. The molecule has 1 heterocycles. The molecule has 5 heteroatoms. The molecule has 0 radical (unpaired) electrons. The average molecular weight is 299 g/mol. The number of para-hydroxylation sites is 1. The summed E-state index contributed by atoms with van der Waals surface area (Å²) in [5, 5.41) is 6.48. The van der Waals surface area contributed by atoms with E-state index in [-0.39, 0.29) is 24.4 Å². The van der Waals surface area contributed by atoms with Crippen LogP contribution in [-0.2, 0) is 0 Å². The molecule has 0 aliphatic carbocycles. The van der Waals surface area contributed by atoms with Gasteiger partial charge in [0.1, 0.15) is 5.75 Å². The minimum atomic E-state index is -0.0513. The maximum absolute atomic E-state index is 12.3. The van der Waals surface area contributed by atoms with Crippen LogP contribution in [0.3, 0.4) is 0 Å². The maximum atomic E-state index is 12.3. The SMILES string of the molecule is CCOc1ccccc1C(=O)NC1CCCNC1C.Cl. The van der Waals surface area contributed by atoms with E-state index in [0.29, 0.717) is 24.0 Å². The zero-order valence-corrected chi connectivity index (χ0v) is 12.8. The minimum Gasteiger partial charge on any atom is -0.493 e. The number of hydrogen-bond acceptors (Lipinski definition) is 3. The average Bonchev–Trinajstić information content (AvgIpc) is 2.42. The van der Waals surface area contributed by atoms with Crippen LogP contribution in [-0.4, -0.2) is 31.1 Å². The van der Waals surface area contributed by atoms with Crippen LogP contribution in [0.1, 0.15) is 37.0 Å². The van der Waals surface area contributed by atoms with Crippen molar-refractivity contribution in [2.45, 2.75) is 38.8 Å². The molecule has 112 valence electrons. The van der Waals surface area contributed by atoms with Gasteiger partial charge in [-0.2, -0.15) is 0 Å². The second-order valence-corrected chi connectivity index (χ2v) is 4.89. The normalized spacial score (nSPS) is 21.7. The van der Waals surface area contributed by atoms with Gasteiger partial charge in [-0.1, -0.05) is 12.1 Å². The smallest absolute Gasteiger partial charge is 0.255 e. The predicted molar refractivity (Wildman–Crippen MR) is 82.8 cm³/mol. The number of nitrogens with one attached hydrogen (secondary N) is 2. The molecule has 0 spiro atoms. The van der Waals surface area contributed by atoms with Crippen molar-refractivity contribution in [3.63, 3.8) is 0 Å². The molecule has 2 atom stereocenters. The van der Waals surface area contributed by atoms with E-state index in [0.717, 1.165) is 19.4 Å². The lowest BCUT2D eigenvalue weighted by molar-refractivity contribution is 0.0916. The summed E-state index contributed by atoms with van der Waals surface area (Å²) in [6, 6.07) is 7.89. The van der Waals surface area contributed by atoms with Gasteiger partial charge in [0.05, 0.1) is 12.2 Å². The Labute approximate surface area is 126 Å². The molecule has 1 fully saturated rings. The maximum Gasteiger partial charge on any atom is 0.255 e. The third kappa shape index (κ3) is 4.12. The van der Waals surface area contributed by atoms with Gasteiger partial charge in [-0.25, -0.2) is 0 Å². The largest absolute Gasteiger partial charge is 0.493 e. The van der Waals surface area contributed by atoms with Crippen LogP contribution < -0.4 is 15.4 Å². The summed E-state index contributed by atoms with van der Waals surface area (Å²) in [4.78, 5) is 12.3. The number of piperidine rings is 1. The van der Waals surface area contributed by atoms with Gasteiger partial charge in [0.2, 0.25) is 0 Å². The molecule has 4 nitrogen and oxygen atoms in total. The van der Waals surface area contributed by atoms with Crippen LogP contribution in [0.2, 0.25) is 0 Å². The lowest BCUT2D eigenvalue weighted by Gasteiger charge is -2.30. The Balaban J connectivity index is 0.00000200. The number of halogens is 1. The highest BCUT2D eigenvalue weighted by Crippen LogP contribution is 2.18. The zero-order chi connectivity index (χ0) is 13.7. The Morgan fingerprint density at radius 1 is 1.45 bits per heavy atom. The Morgan fingerprint density at radius 3 is 2.90 bits per heavy atom. The highest BCUT2D eigenvalue weighted by atomic mass is 35.5. The first kappa shape index (κ1) is 16.8. The van der Waals surface area contributed by atoms with E-state index in [9.17, 15) is 4.79 Å². The van der Waals surface area contributed by atoms with E-state index in [4.69, 9.17) is 4.74 Å². The Kier molecular flexibility index (Phi) is 6.82. The molecule has 2 unspecified atom stereocenters. The van der Waals surface area contributed by atoms with Crippen LogP contribution in [0, 0.1) is 0 Å². The molecule has 2 N–H and O–H groups in total. The monoisotopic (exact) mass is 298 g/mol. The van der Waals surface area contributed by atoms with Crippen LogP contribution >= 0.6 is 12.4 Å². The number of amides is 1. The molecule has 20 heavy (non-hydrogen) atoms. The highest BCUT2D eigenvalue weighted by molar-refractivity contribution is 5.97. The molecule has 1 aliphatic heterocycles. The number of carbonyl (C=O) groups excluding carboxylic acids is 1. The first-order chi connectivity index (χ1) is 9.22. The van der Waals surface area contributed by atoms with E-state index in [1.54, 1.807) is 6.07 Å². The van der Waals surface area contributed by atoms with Gasteiger partial charge in [-0.15, -0.1) is 12.4 Å². The predicted octanol–water partition coefficient (Wildman–Crippen LogP) is 2.38. The standard InChI is InChI=1S/C15H22N2O2.ClH/c1-3-19-14-9-5-4-7-12(14)15(18)17-13-8-6-10-16-11(13)2;/h4-5,7,9,11,13,16H,3,6,8,10H2,1-2H3,(H,17,18);1H. The second kappa shape index (κ2) is 8.12. The summed E-state index contributed by atoms with van der Waals surface area (Å²) in [6.07, 6.45) is 2.12. The number of carbonyl (C=O) groups is 1. The van der Waals surface area contributed by atoms with Crippen LogP contribution in [0.5, 0.6) is 5.75 Å². The van der Waals surface area contributed by atoms with Crippen molar-refractivity contribution in [2.75, 3.05) is 13.2 Å². The lowest BCUT2D eigenvalue weighted by Crippen LogP contribution is -2.51. The van der Waals surface area contributed by atoms with E-state index in [2.05, 4.69) is 17.6 Å². The second-order valence-electron chi connectivity index (χ2n) is 4.89. The Hall–Kier alpha value is -1.26. The number of benzene rings is 1. The fraction of sp³-hybridized carbons (Fsp3) is 0.533. The summed E-state index contributed by atoms with van der Waals surface area (Å²) in [5.74, 6) is 0.600. The number of hydrogen-bond donors (Lipinski definition) is 2. The van der Waals surface area contributed by atoms with Crippen LogP contribution in [0.4, 0.5) is 0 Å². The fourth-order valence-corrected chi connectivity index (χ4v) is 2.42. The Morgan fingerprint density at radius 2 is 2.20 bits per heavy atom. The molecule has 0 bridgehead atoms. The van der Waals surface area contributed by atoms with Crippen molar-refractivity contribution in [2.24, 2.45) is 0 Å². The quantitative estimate of drug-likeness (QED) is 0.897. The zero-order valence-electron chi connectivity index (χ0n) is 12.0. The van der Waals surface area contributed by atoms with Gasteiger partial charge in [-0.05, 0) is 45.4 Å². The fourth-order valence-electron chi connectivity index (χ4n) is 2.42. The Bertz CT molecular complexity index is 440. The topological polar surface area (TPSA) is 50.4 Å². The van der Waals surface area contributed by atoms with Crippen molar-refractivity contribution in [3.8, 4) is 5.75 Å². The summed E-state index contributed by atoms with van der Waals surface area (Å²) >= 11 is 0. The van der Waals surface area contributed by atoms with Crippen molar-refractivity contribution >= 4 is 18.3 Å². The first-order valence-corrected chi connectivity index (χ1v) is 6.98. The third-order valence-corrected chi connectivity index (χ3v) is 3.51. The van der Waals surface area contributed by atoms with Gasteiger partial charge in [0.15, 0.2) is 0 Å². The van der Waals surface area contributed by atoms with Crippen molar-refractivity contribution < 1.29 is 9.53 Å². The molecular formula is C15H23ClN2O2. The van der Waals surface area contributed by atoms with Crippen molar-refractivity contribution in [3.05, 3.63) is 29.8 Å². The van der Waals surface area contributed by atoms with Gasteiger partial charge in [-0.3, -0.25) is 4.79 Å². The molecule has 2 rings (SSSR count). The summed E-state index contributed by atoms with van der Waals surface area (Å²) in [7, 11) is 0. The van der Waals surface area contributed by atoms with Crippen LogP contribution in [0.15, 0.2) is 24.3 Å². The molecule has 1 aromatic carbocycles. The molecule has 1 amide bonds. The summed E-state index contributed by atoms with van der Waals surface area (Å²) < 4.78 is 5.50. The van der Waals surface area contributed by atoms with Crippen LogP contribution in [0.25, 0.3) is 0 Å². The van der Waals surface area contributed by atoms with E-state index < -0.39 is 0 Å². The van der Waals surface area contributed by atoms with Crippen molar-refractivity contribution in [1.82, 2.24) is 10.6 Å². The van der Waals surface area contributed by atoms with Gasteiger partial charge in [0.25, 0.3) is 5.91 Å². The molecule has 0 saturated carbocycles. The number of ether oxygens (including phenoxy) is 1. The van der Waals surface area contributed by atoms with Gasteiger partial charge >= 0.3 is 0 Å². The molecular weight excluding hydrogens is 276 g/mol.